The predicted molar refractivity (Wildman–Crippen MR) is 75.5 cm³/mol. The molecule has 1 N–H and O–H groups in total. The number of ether oxygens (including phenoxy) is 2. The van der Waals surface area contributed by atoms with Gasteiger partial charge in [0.15, 0.2) is 0 Å². The molecule has 3 fully saturated rings. The monoisotopic (exact) mass is 282 g/mol. The maximum absolute atomic E-state index is 12.4. The number of piperidine rings is 1. The van der Waals surface area contributed by atoms with Gasteiger partial charge in [0.2, 0.25) is 0 Å². The largest absolute Gasteiger partial charge is 0.468 e. The van der Waals surface area contributed by atoms with Crippen LogP contribution in [0.1, 0.15) is 38.5 Å². The Labute approximate surface area is 121 Å². The second-order valence-corrected chi connectivity index (χ2v) is 6.55. The van der Waals surface area contributed by atoms with Crippen molar-refractivity contribution in [2.24, 2.45) is 0 Å². The summed E-state index contributed by atoms with van der Waals surface area (Å²) in [6.45, 7) is 1.61. The van der Waals surface area contributed by atoms with E-state index in [1.807, 2.05) is 0 Å². The van der Waals surface area contributed by atoms with Crippen LogP contribution in [0.5, 0.6) is 0 Å². The minimum atomic E-state index is -0.501. The molecule has 3 unspecified atom stereocenters. The standard InChI is InChI=1S/C15H26N2O3/c1-17-11-5-6-12(17)9-15(8-11,14(18)19-2)16-10-13-4-3-7-20-13/h11-13,16H,3-10H2,1-2H3. The van der Waals surface area contributed by atoms with Crippen molar-refractivity contribution >= 4 is 5.97 Å². The fourth-order valence-electron chi connectivity index (χ4n) is 4.16. The fraction of sp³-hybridized carbons (Fsp3) is 0.933. The van der Waals surface area contributed by atoms with E-state index >= 15 is 0 Å². The van der Waals surface area contributed by atoms with E-state index in [0.717, 1.165) is 38.8 Å². The third-order valence-electron chi connectivity index (χ3n) is 5.42. The lowest BCUT2D eigenvalue weighted by atomic mass is 9.82. The molecule has 3 atom stereocenters. The number of methoxy groups -OCH3 is 1. The third-order valence-corrected chi connectivity index (χ3v) is 5.42. The van der Waals surface area contributed by atoms with Gasteiger partial charge in [0.25, 0.3) is 0 Å². The molecule has 3 aliphatic rings. The molecule has 114 valence electrons. The number of fused-ring (bicyclic) bond motifs is 2. The van der Waals surface area contributed by atoms with E-state index in [-0.39, 0.29) is 12.1 Å². The van der Waals surface area contributed by atoms with Crippen LogP contribution in [0, 0.1) is 0 Å². The Morgan fingerprint density at radius 2 is 2.05 bits per heavy atom. The number of hydrogen-bond acceptors (Lipinski definition) is 5. The molecule has 0 aliphatic carbocycles. The average Bonchev–Trinajstić information content (AvgIpc) is 3.03. The van der Waals surface area contributed by atoms with Crippen molar-refractivity contribution in [1.29, 1.82) is 0 Å². The first kappa shape index (κ1) is 14.3. The van der Waals surface area contributed by atoms with Gasteiger partial charge in [0, 0.05) is 25.2 Å². The third kappa shape index (κ3) is 2.47. The number of carbonyl (C=O) groups excluding carboxylic acids is 1. The van der Waals surface area contributed by atoms with Crippen LogP contribution in [0.3, 0.4) is 0 Å². The zero-order chi connectivity index (χ0) is 14.2. The molecular formula is C15H26N2O3. The first-order chi connectivity index (χ1) is 9.64. The molecule has 0 aromatic carbocycles. The van der Waals surface area contributed by atoms with Gasteiger partial charge >= 0.3 is 5.97 Å². The van der Waals surface area contributed by atoms with Crippen molar-refractivity contribution in [3.8, 4) is 0 Å². The van der Waals surface area contributed by atoms with E-state index in [1.165, 1.54) is 20.0 Å². The summed E-state index contributed by atoms with van der Waals surface area (Å²) in [5.41, 5.74) is -0.501. The molecule has 0 saturated carbocycles. The lowest BCUT2D eigenvalue weighted by Gasteiger charge is -2.44. The van der Waals surface area contributed by atoms with E-state index in [0.29, 0.717) is 12.1 Å². The predicted octanol–water partition coefficient (Wildman–Crippen LogP) is 0.923. The van der Waals surface area contributed by atoms with E-state index in [1.54, 1.807) is 0 Å². The normalized spacial score (nSPS) is 41.0. The minimum absolute atomic E-state index is 0.0968. The maximum atomic E-state index is 12.4. The summed E-state index contributed by atoms with van der Waals surface area (Å²) in [5.74, 6) is -0.0968. The summed E-state index contributed by atoms with van der Waals surface area (Å²) in [4.78, 5) is 14.8. The number of rotatable bonds is 4. The second-order valence-electron chi connectivity index (χ2n) is 6.55. The highest BCUT2D eigenvalue weighted by Gasteiger charge is 2.51. The molecule has 3 heterocycles. The highest BCUT2D eigenvalue weighted by Crippen LogP contribution is 2.40. The van der Waals surface area contributed by atoms with Gasteiger partial charge in [-0.25, -0.2) is 0 Å². The van der Waals surface area contributed by atoms with Crippen LogP contribution in [-0.2, 0) is 14.3 Å². The molecular weight excluding hydrogens is 256 g/mol. The summed E-state index contributed by atoms with van der Waals surface area (Å²) in [6, 6.07) is 1.01. The molecule has 20 heavy (non-hydrogen) atoms. The zero-order valence-corrected chi connectivity index (χ0v) is 12.6. The van der Waals surface area contributed by atoms with Crippen LogP contribution in [0.25, 0.3) is 0 Å². The summed E-state index contributed by atoms with van der Waals surface area (Å²) in [5, 5.41) is 3.52. The Bertz CT molecular complexity index is 354. The Hall–Kier alpha value is -0.650. The second kappa shape index (κ2) is 5.62. The van der Waals surface area contributed by atoms with E-state index < -0.39 is 5.54 Å². The molecule has 3 rings (SSSR count). The lowest BCUT2D eigenvalue weighted by Crippen LogP contribution is -2.62. The zero-order valence-electron chi connectivity index (χ0n) is 12.6. The number of carbonyl (C=O) groups is 1. The number of esters is 1. The molecule has 2 bridgehead atoms. The molecule has 0 aromatic heterocycles. The SMILES string of the molecule is COC(=O)C1(NCC2CCCO2)CC2CCC(C1)N2C. The Morgan fingerprint density at radius 3 is 2.60 bits per heavy atom. The van der Waals surface area contributed by atoms with E-state index in [2.05, 4.69) is 17.3 Å². The van der Waals surface area contributed by atoms with Gasteiger partial charge in [0.05, 0.1) is 13.2 Å². The van der Waals surface area contributed by atoms with Crippen LogP contribution >= 0.6 is 0 Å². The molecule has 0 aromatic rings. The lowest BCUT2D eigenvalue weighted by molar-refractivity contribution is -0.152. The van der Waals surface area contributed by atoms with Crippen molar-refractivity contribution in [3.63, 3.8) is 0 Å². The molecule has 5 nitrogen and oxygen atoms in total. The quantitative estimate of drug-likeness (QED) is 0.777. The summed E-state index contributed by atoms with van der Waals surface area (Å²) in [6.07, 6.45) is 6.60. The topological polar surface area (TPSA) is 50.8 Å². The van der Waals surface area contributed by atoms with Crippen LogP contribution in [0.4, 0.5) is 0 Å². The van der Waals surface area contributed by atoms with Crippen LogP contribution in [-0.4, -0.2) is 61.9 Å². The molecule has 3 aliphatic heterocycles. The first-order valence-corrected chi connectivity index (χ1v) is 7.81. The summed E-state index contributed by atoms with van der Waals surface area (Å²) < 4.78 is 10.8. The number of hydrogen-bond donors (Lipinski definition) is 1. The number of nitrogens with one attached hydrogen (secondary N) is 1. The molecule has 0 radical (unpaired) electrons. The van der Waals surface area contributed by atoms with Crippen molar-refractivity contribution in [2.75, 3.05) is 27.3 Å². The van der Waals surface area contributed by atoms with Crippen molar-refractivity contribution in [3.05, 3.63) is 0 Å². The van der Waals surface area contributed by atoms with Gasteiger partial charge in [-0.3, -0.25) is 10.1 Å². The molecule has 0 spiro atoms. The Kier molecular flexibility index (Phi) is 4.02. The van der Waals surface area contributed by atoms with Crippen LogP contribution in [0.15, 0.2) is 0 Å². The van der Waals surface area contributed by atoms with Crippen LogP contribution < -0.4 is 5.32 Å². The van der Waals surface area contributed by atoms with E-state index in [9.17, 15) is 4.79 Å². The van der Waals surface area contributed by atoms with Gasteiger partial charge in [-0.15, -0.1) is 0 Å². The molecule has 5 heteroatoms. The summed E-state index contributed by atoms with van der Waals surface area (Å²) in [7, 11) is 3.68. The minimum Gasteiger partial charge on any atom is -0.468 e. The average molecular weight is 282 g/mol. The highest BCUT2D eigenvalue weighted by atomic mass is 16.5. The Balaban J connectivity index is 1.70. The molecule has 0 amide bonds. The van der Waals surface area contributed by atoms with Gasteiger partial charge in [-0.05, 0) is 45.6 Å². The van der Waals surface area contributed by atoms with Gasteiger partial charge in [-0.1, -0.05) is 0 Å². The van der Waals surface area contributed by atoms with Crippen molar-refractivity contribution < 1.29 is 14.3 Å². The number of nitrogens with zero attached hydrogens (tertiary/aromatic N) is 1. The van der Waals surface area contributed by atoms with Gasteiger partial charge < -0.3 is 14.4 Å². The highest BCUT2D eigenvalue weighted by molar-refractivity contribution is 5.81. The van der Waals surface area contributed by atoms with E-state index in [4.69, 9.17) is 9.47 Å². The smallest absolute Gasteiger partial charge is 0.326 e. The van der Waals surface area contributed by atoms with Crippen molar-refractivity contribution in [1.82, 2.24) is 10.2 Å². The van der Waals surface area contributed by atoms with Crippen LogP contribution in [0.2, 0.25) is 0 Å². The van der Waals surface area contributed by atoms with Gasteiger partial charge in [-0.2, -0.15) is 0 Å². The Morgan fingerprint density at radius 1 is 1.35 bits per heavy atom. The fourth-order valence-corrected chi connectivity index (χ4v) is 4.16. The maximum Gasteiger partial charge on any atom is 0.326 e. The summed E-state index contributed by atoms with van der Waals surface area (Å²) >= 11 is 0. The van der Waals surface area contributed by atoms with Crippen molar-refractivity contribution in [2.45, 2.75) is 62.3 Å². The van der Waals surface area contributed by atoms with Gasteiger partial charge in [0.1, 0.15) is 5.54 Å². The molecule has 3 saturated heterocycles. The first-order valence-electron chi connectivity index (χ1n) is 7.81.